The minimum Gasteiger partial charge on any atom is -0.491 e. The molecule has 0 spiro atoms. The van der Waals surface area contributed by atoms with Crippen LogP contribution in [0.15, 0.2) is 48.5 Å². The first-order chi connectivity index (χ1) is 13.9. The van der Waals surface area contributed by atoms with E-state index in [1.54, 1.807) is 24.3 Å². The molecule has 0 fully saturated rings. The van der Waals surface area contributed by atoms with E-state index in [1.165, 1.54) is 24.3 Å². The lowest BCUT2D eigenvalue weighted by Gasteiger charge is -2.15. The second-order valence-electron chi connectivity index (χ2n) is 6.96. The molecule has 30 heavy (non-hydrogen) atoms. The molecule has 0 saturated carbocycles. The summed E-state index contributed by atoms with van der Waals surface area (Å²) < 4.78 is 42.8. The number of halogens is 3. The van der Waals surface area contributed by atoms with Crippen molar-refractivity contribution >= 4 is 12.4 Å². The molecular weight excluding hydrogens is 416 g/mol. The number of ether oxygens (including phenoxy) is 3. The van der Waals surface area contributed by atoms with Crippen molar-refractivity contribution in [2.75, 3.05) is 26.4 Å². The van der Waals surface area contributed by atoms with Crippen molar-refractivity contribution in [3.63, 3.8) is 0 Å². The molecule has 2 rings (SSSR count). The fourth-order valence-electron chi connectivity index (χ4n) is 2.46. The lowest BCUT2D eigenvalue weighted by atomic mass is 10.1. The predicted molar refractivity (Wildman–Crippen MR) is 115 cm³/mol. The first-order valence-electron chi connectivity index (χ1n) is 9.69. The molecule has 0 aromatic heterocycles. The largest absolute Gasteiger partial charge is 0.491 e. The van der Waals surface area contributed by atoms with E-state index < -0.39 is 12.5 Å². The zero-order valence-electron chi connectivity index (χ0n) is 17.2. The van der Waals surface area contributed by atoms with Gasteiger partial charge >= 0.3 is 0 Å². The van der Waals surface area contributed by atoms with Gasteiger partial charge in [-0.3, -0.25) is 0 Å². The third kappa shape index (κ3) is 10.7. The third-order valence-electron chi connectivity index (χ3n) is 3.99. The van der Waals surface area contributed by atoms with Crippen LogP contribution in [0.3, 0.4) is 0 Å². The van der Waals surface area contributed by atoms with Crippen LogP contribution in [0.4, 0.5) is 8.78 Å². The van der Waals surface area contributed by atoms with Gasteiger partial charge < -0.3 is 24.6 Å². The zero-order valence-corrected chi connectivity index (χ0v) is 18.0. The summed E-state index contributed by atoms with van der Waals surface area (Å²) in [6.45, 7) is 4.97. The highest BCUT2D eigenvalue weighted by Crippen LogP contribution is 2.18. The Kier molecular flexibility index (Phi) is 12.3. The molecule has 2 unspecified atom stereocenters. The molecule has 2 N–H and O–H groups in total. The highest BCUT2D eigenvalue weighted by Gasteiger charge is 2.09. The summed E-state index contributed by atoms with van der Waals surface area (Å²) in [6.07, 6.45) is -2.00. The quantitative estimate of drug-likeness (QED) is 0.458. The van der Waals surface area contributed by atoms with E-state index in [-0.39, 0.29) is 44.5 Å². The molecule has 2 aromatic rings. The van der Waals surface area contributed by atoms with Crippen LogP contribution < -0.4 is 14.8 Å². The van der Waals surface area contributed by atoms with Crippen molar-refractivity contribution in [2.24, 2.45) is 0 Å². The summed E-state index contributed by atoms with van der Waals surface area (Å²) in [5.41, 5.74) is 0.667. The van der Waals surface area contributed by atoms with Crippen molar-refractivity contribution in [1.82, 2.24) is 5.32 Å². The van der Waals surface area contributed by atoms with Gasteiger partial charge in [-0.05, 0) is 42.0 Å². The van der Waals surface area contributed by atoms with Crippen LogP contribution in [0.1, 0.15) is 19.4 Å². The van der Waals surface area contributed by atoms with Crippen LogP contribution in [0.5, 0.6) is 11.5 Å². The highest BCUT2D eigenvalue weighted by molar-refractivity contribution is 5.85. The van der Waals surface area contributed by atoms with Crippen LogP contribution in [-0.4, -0.2) is 50.0 Å². The Morgan fingerprint density at radius 1 is 0.933 bits per heavy atom. The average molecular weight is 446 g/mol. The maximum absolute atomic E-state index is 13.8. The van der Waals surface area contributed by atoms with E-state index in [9.17, 15) is 13.9 Å². The van der Waals surface area contributed by atoms with Crippen molar-refractivity contribution in [1.29, 1.82) is 0 Å². The van der Waals surface area contributed by atoms with Crippen LogP contribution >= 0.6 is 12.4 Å². The molecule has 0 radical (unpaired) electrons. The van der Waals surface area contributed by atoms with Crippen molar-refractivity contribution in [3.8, 4) is 11.5 Å². The van der Waals surface area contributed by atoms with Crippen LogP contribution in [0.2, 0.25) is 0 Å². The molecule has 0 amide bonds. The van der Waals surface area contributed by atoms with Crippen LogP contribution in [0.25, 0.3) is 0 Å². The maximum Gasteiger partial charge on any atom is 0.202 e. The second kappa shape index (κ2) is 14.1. The highest BCUT2D eigenvalue weighted by atomic mass is 35.5. The number of hydrogen-bond acceptors (Lipinski definition) is 5. The van der Waals surface area contributed by atoms with Gasteiger partial charge in [0.05, 0.1) is 6.61 Å². The molecule has 5 nitrogen and oxygen atoms in total. The number of benzene rings is 2. The number of alkyl halides is 1. The van der Waals surface area contributed by atoms with E-state index in [2.05, 4.69) is 5.32 Å². The van der Waals surface area contributed by atoms with Gasteiger partial charge in [0.1, 0.15) is 36.6 Å². The monoisotopic (exact) mass is 445 g/mol. The molecule has 0 aliphatic carbocycles. The summed E-state index contributed by atoms with van der Waals surface area (Å²) in [5.74, 6) is 0.881. The topological polar surface area (TPSA) is 60.0 Å². The van der Waals surface area contributed by atoms with Gasteiger partial charge in [0.2, 0.25) is 6.36 Å². The molecule has 2 aromatic carbocycles. The summed E-state index contributed by atoms with van der Waals surface area (Å²) in [5, 5.41) is 13.0. The van der Waals surface area contributed by atoms with Gasteiger partial charge in [0, 0.05) is 19.0 Å². The Hall–Kier alpha value is -1.93. The minimum atomic E-state index is -1.48. The van der Waals surface area contributed by atoms with E-state index in [4.69, 9.17) is 14.2 Å². The summed E-state index contributed by atoms with van der Waals surface area (Å²) >= 11 is 0. The fraction of sp³-hybridized carbons (Fsp3) is 0.455. The van der Waals surface area contributed by atoms with Gasteiger partial charge in [-0.25, -0.2) is 8.78 Å². The van der Waals surface area contributed by atoms with E-state index in [0.717, 1.165) is 0 Å². The Labute approximate surface area is 182 Å². The zero-order chi connectivity index (χ0) is 21.1. The van der Waals surface area contributed by atoms with Crippen molar-refractivity contribution < 1.29 is 28.1 Å². The number of nitrogens with one attached hydrogen (secondary N) is 1. The summed E-state index contributed by atoms with van der Waals surface area (Å²) in [4.78, 5) is 0. The van der Waals surface area contributed by atoms with Gasteiger partial charge in [-0.2, -0.15) is 0 Å². The Bertz CT molecular complexity index is 701. The van der Waals surface area contributed by atoms with E-state index in [0.29, 0.717) is 29.6 Å². The van der Waals surface area contributed by atoms with Gasteiger partial charge in [-0.1, -0.05) is 26.0 Å². The van der Waals surface area contributed by atoms with Gasteiger partial charge in [0.25, 0.3) is 0 Å². The number of hydrogen-bond donors (Lipinski definition) is 2. The average Bonchev–Trinajstić information content (AvgIpc) is 2.70. The predicted octanol–water partition coefficient (Wildman–Crippen LogP) is 3.92. The number of aliphatic hydroxyl groups excluding tert-OH is 1. The fourth-order valence-corrected chi connectivity index (χ4v) is 2.46. The van der Waals surface area contributed by atoms with Gasteiger partial charge in [-0.15, -0.1) is 12.4 Å². The maximum atomic E-state index is 13.8. The van der Waals surface area contributed by atoms with Crippen LogP contribution in [-0.2, 0) is 11.2 Å². The first kappa shape index (κ1) is 26.1. The Morgan fingerprint density at radius 3 is 2.13 bits per heavy atom. The smallest absolute Gasteiger partial charge is 0.202 e. The van der Waals surface area contributed by atoms with Gasteiger partial charge in [0.15, 0.2) is 0 Å². The lowest BCUT2D eigenvalue weighted by Crippen LogP contribution is -2.35. The normalized spacial score (nSPS) is 12.9. The van der Waals surface area contributed by atoms with E-state index >= 15 is 0 Å². The van der Waals surface area contributed by atoms with Crippen molar-refractivity contribution in [3.05, 3.63) is 59.9 Å². The van der Waals surface area contributed by atoms with E-state index in [1.807, 2.05) is 13.8 Å². The molecule has 0 aliphatic rings. The molecule has 0 saturated heterocycles. The number of rotatable bonds is 13. The summed E-state index contributed by atoms with van der Waals surface area (Å²) in [7, 11) is 0. The molecule has 2 atom stereocenters. The Balaban J connectivity index is 0.00000450. The lowest BCUT2D eigenvalue weighted by molar-refractivity contribution is -0.0469. The summed E-state index contributed by atoms with van der Waals surface area (Å²) in [6, 6.07) is 12.9. The molecule has 0 aliphatic heterocycles. The number of aliphatic hydroxyl groups is 1. The molecule has 0 bridgehead atoms. The minimum absolute atomic E-state index is 0. The van der Waals surface area contributed by atoms with Crippen LogP contribution in [0, 0.1) is 5.82 Å². The standard InChI is InChI=1S/C22H29F2NO4.ClH/c1-16(2)25-14-19(26)15-29-21-9-7-20(8-10-21)27-11-12-28-22(24)13-17-3-5-18(23)6-4-17;/h3-10,16,19,22,25-26H,11-15H2,1-2H3;1H. The molecule has 8 heteroatoms. The Morgan fingerprint density at radius 2 is 1.53 bits per heavy atom. The molecule has 168 valence electrons. The molecular formula is C22H30ClF2NO4. The first-order valence-corrected chi connectivity index (χ1v) is 9.69. The molecule has 0 heterocycles. The SMILES string of the molecule is CC(C)NCC(O)COc1ccc(OCCOC(F)Cc2ccc(F)cc2)cc1.Cl. The third-order valence-corrected chi connectivity index (χ3v) is 3.99. The second-order valence-corrected chi connectivity index (χ2v) is 6.96. The van der Waals surface area contributed by atoms with Crippen molar-refractivity contribution in [2.45, 2.75) is 38.8 Å².